The molecule has 29 heavy (non-hydrogen) atoms. The summed E-state index contributed by atoms with van der Waals surface area (Å²) in [6, 6.07) is 20.1. The molecular formula is C22H18N2O4S. The molecule has 0 radical (unpaired) electrons. The van der Waals surface area contributed by atoms with Gasteiger partial charge in [-0.25, -0.2) is 4.79 Å². The number of rotatable bonds is 7. The van der Waals surface area contributed by atoms with E-state index in [9.17, 15) is 14.9 Å². The van der Waals surface area contributed by atoms with E-state index in [4.69, 9.17) is 9.47 Å². The van der Waals surface area contributed by atoms with Crippen molar-refractivity contribution in [3.8, 4) is 22.9 Å². The molecule has 146 valence electrons. The molecule has 0 unspecified atom stereocenters. The molecular weight excluding hydrogens is 388 g/mol. The Balaban J connectivity index is 1.89. The van der Waals surface area contributed by atoms with Gasteiger partial charge in [-0.1, -0.05) is 48.5 Å². The fourth-order valence-corrected chi connectivity index (χ4v) is 3.76. The lowest BCUT2D eigenvalue weighted by atomic mass is 10.0. The first-order valence-electron chi connectivity index (χ1n) is 8.91. The highest BCUT2D eigenvalue weighted by Crippen LogP contribution is 2.40. The lowest BCUT2D eigenvalue weighted by molar-refractivity contribution is -0.118. The van der Waals surface area contributed by atoms with Crippen LogP contribution < -0.4 is 10.1 Å². The normalized spacial score (nSPS) is 10.1. The standard InChI is InChI=1S/C22H18N2O4S/c1-2-27-22(26)20-19(15-9-5-3-6-10-15)17(13-23)21(29-20)24-18(25)14-28-16-11-7-4-8-12-16/h3-12H,2,14H2,1H3,(H,24,25). The number of anilines is 1. The molecule has 0 atom stereocenters. The molecule has 0 aliphatic rings. The summed E-state index contributed by atoms with van der Waals surface area (Å²) >= 11 is 1.02. The minimum Gasteiger partial charge on any atom is -0.484 e. The zero-order chi connectivity index (χ0) is 20.6. The van der Waals surface area contributed by atoms with E-state index in [1.807, 2.05) is 24.3 Å². The number of benzene rings is 2. The Kier molecular flexibility index (Phi) is 6.61. The summed E-state index contributed by atoms with van der Waals surface area (Å²) in [7, 11) is 0. The summed E-state index contributed by atoms with van der Waals surface area (Å²) in [5.74, 6) is -0.401. The van der Waals surface area contributed by atoms with Gasteiger partial charge in [-0.05, 0) is 24.6 Å². The quantitative estimate of drug-likeness (QED) is 0.585. The Morgan fingerprint density at radius 1 is 1.07 bits per heavy atom. The van der Waals surface area contributed by atoms with Crippen LogP contribution in [0.1, 0.15) is 22.2 Å². The average Bonchev–Trinajstić information content (AvgIpc) is 3.12. The van der Waals surface area contributed by atoms with Crippen molar-refractivity contribution in [2.24, 2.45) is 0 Å². The maximum absolute atomic E-state index is 12.5. The van der Waals surface area contributed by atoms with E-state index in [0.717, 1.165) is 11.3 Å². The number of hydrogen-bond donors (Lipinski definition) is 1. The Hall–Kier alpha value is -3.63. The number of hydrogen-bond acceptors (Lipinski definition) is 6. The number of esters is 1. The summed E-state index contributed by atoms with van der Waals surface area (Å²) in [5, 5.41) is 12.7. The van der Waals surface area contributed by atoms with Gasteiger partial charge in [0.25, 0.3) is 5.91 Å². The van der Waals surface area contributed by atoms with Gasteiger partial charge in [-0.3, -0.25) is 4.79 Å². The highest BCUT2D eigenvalue weighted by atomic mass is 32.1. The first-order valence-corrected chi connectivity index (χ1v) is 9.72. The molecule has 0 aliphatic carbocycles. The van der Waals surface area contributed by atoms with Gasteiger partial charge in [-0.15, -0.1) is 11.3 Å². The highest BCUT2D eigenvalue weighted by molar-refractivity contribution is 7.19. The number of amides is 1. The Labute approximate surface area is 172 Å². The summed E-state index contributed by atoms with van der Waals surface area (Å²) in [5.41, 5.74) is 1.37. The molecule has 3 aromatic rings. The molecule has 1 N–H and O–H groups in total. The molecule has 6 nitrogen and oxygen atoms in total. The van der Waals surface area contributed by atoms with Crippen LogP contribution in [0.15, 0.2) is 60.7 Å². The molecule has 1 heterocycles. The molecule has 0 aliphatic heterocycles. The van der Waals surface area contributed by atoms with Crippen LogP contribution in [0.4, 0.5) is 5.00 Å². The number of nitriles is 1. The van der Waals surface area contributed by atoms with Crippen molar-refractivity contribution in [3.05, 3.63) is 71.1 Å². The first-order chi connectivity index (χ1) is 14.1. The fraction of sp³-hybridized carbons (Fsp3) is 0.136. The van der Waals surface area contributed by atoms with Crippen LogP contribution in [0.3, 0.4) is 0 Å². The van der Waals surface area contributed by atoms with Gasteiger partial charge in [0.15, 0.2) is 6.61 Å². The largest absolute Gasteiger partial charge is 0.484 e. The van der Waals surface area contributed by atoms with E-state index >= 15 is 0 Å². The second-order valence-electron chi connectivity index (χ2n) is 5.86. The third-order valence-electron chi connectivity index (χ3n) is 3.91. The molecule has 2 aromatic carbocycles. The SMILES string of the molecule is CCOC(=O)c1sc(NC(=O)COc2ccccc2)c(C#N)c1-c1ccccc1. The second kappa shape index (κ2) is 9.53. The van der Waals surface area contributed by atoms with Crippen molar-refractivity contribution in [1.82, 2.24) is 0 Å². The minimum atomic E-state index is -0.533. The average molecular weight is 406 g/mol. The van der Waals surface area contributed by atoms with E-state index in [2.05, 4.69) is 11.4 Å². The van der Waals surface area contributed by atoms with Gasteiger partial charge < -0.3 is 14.8 Å². The van der Waals surface area contributed by atoms with E-state index in [1.54, 1.807) is 43.3 Å². The Bertz CT molecular complexity index is 1040. The van der Waals surface area contributed by atoms with Crippen molar-refractivity contribution in [2.45, 2.75) is 6.92 Å². The van der Waals surface area contributed by atoms with Crippen molar-refractivity contribution in [2.75, 3.05) is 18.5 Å². The maximum Gasteiger partial charge on any atom is 0.349 e. The molecule has 3 rings (SSSR count). The molecule has 1 amide bonds. The monoisotopic (exact) mass is 406 g/mol. The first kappa shape index (κ1) is 20.1. The lowest BCUT2D eigenvalue weighted by Crippen LogP contribution is -2.20. The summed E-state index contributed by atoms with van der Waals surface area (Å²) in [6.45, 7) is 1.70. The summed E-state index contributed by atoms with van der Waals surface area (Å²) in [4.78, 5) is 25.1. The lowest BCUT2D eigenvalue weighted by Gasteiger charge is -2.06. The zero-order valence-corrected chi connectivity index (χ0v) is 16.5. The molecule has 0 fully saturated rings. The maximum atomic E-state index is 12.5. The van der Waals surface area contributed by atoms with Crippen molar-refractivity contribution >= 4 is 28.2 Å². The fourth-order valence-electron chi connectivity index (χ4n) is 2.67. The Morgan fingerprint density at radius 3 is 2.34 bits per heavy atom. The van der Waals surface area contributed by atoms with Crippen molar-refractivity contribution < 1.29 is 19.1 Å². The van der Waals surface area contributed by atoms with Gasteiger partial charge in [0, 0.05) is 5.56 Å². The van der Waals surface area contributed by atoms with Crippen LogP contribution in [0.2, 0.25) is 0 Å². The number of nitrogens with one attached hydrogen (secondary N) is 1. The van der Waals surface area contributed by atoms with Crippen LogP contribution in [0.25, 0.3) is 11.1 Å². The number of ether oxygens (including phenoxy) is 2. The minimum absolute atomic E-state index is 0.208. The highest BCUT2D eigenvalue weighted by Gasteiger charge is 2.26. The molecule has 0 saturated carbocycles. The van der Waals surface area contributed by atoms with Gasteiger partial charge in [0.05, 0.1) is 12.2 Å². The van der Waals surface area contributed by atoms with Gasteiger partial charge in [0.2, 0.25) is 0 Å². The number of nitrogens with zero attached hydrogens (tertiary/aromatic N) is 1. The third-order valence-corrected chi connectivity index (χ3v) is 4.99. The molecule has 7 heteroatoms. The molecule has 0 saturated heterocycles. The van der Waals surface area contributed by atoms with Crippen LogP contribution >= 0.6 is 11.3 Å². The van der Waals surface area contributed by atoms with Crippen LogP contribution in [0.5, 0.6) is 5.75 Å². The summed E-state index contributed by atoms with van der Waals surface area (Å²) < 4.78 is 10.6. The van der Waals surface area contributed by atoms with E-state index in [-0.39, 0.29) is 28.7 Å². The number of carbonyl (C=O) groups is 2. The predicted molar refractivity (Wildman–Crippen MR) is 111 cm³/mol. The molecule has 1 aromatic heterocycles. The number of thiophene rings is 1. The van der Waals surface area contributed by atoms with Gasteiger partial charge in [-0.2, -0.15) is 5.26 Å². The molecule has 0 spiro atoms. The smallest absolute Gasteiger partial charge is 0.349 e. The number of carbonyl (C=O) groups excluding carboxylic acids is 2. The summed E-state index contributed by atoms with van der Waals surface area (Å²) in [6.07, 6.45) is 0. The van der Waals surface area contributed by atoms with Crippen LogP contribution in [0, 0.1) is 11.3 Å². The molecule has 0 bridgehead atoms. The zero-order valence-electron chi connectivity index (χ0n) is 15.7. The van der Waals surface area contributed by atoms with Crippen LogP contribution in [-0.4, -0.2) is 25.1 Å². The second-order valence-corrected chi connectivity index (χ2v) is 6.88. The van der Waals surface area contributed by atoms with Gasteiger partial charge in [0.1, 0.15) is 21.7 Å². The van der Waals surface area contributed by atoms with Crippen molar-refractivity contribution in [1.29, 1.82) is 5.26 Å². The topological polar surface area (TPSA) is 88.4 Å². The number of para-hydroxylation sites is 1. The third kappa shape index (κ3) is 4.81. The van der Waals surface area contributed by atoms with E-state index in [1.165, 1.54) is 0 Å². The van der Waals surface area contributed by atoms with Gasteiger partial charge >= 0.3 is 5.97 Å². The predicted octanol–water partition coefficient (Wildman–Crippen LogP) is 4.48. The van der Waals surface area contributed by atoms with E-state index < -0.39 is 11.9 Å². The van der Waals surface area contributed by atoms with E-state index in [0.29, 0.717) is 16.9 Å². The van der Waals surface area contributed by atoms with Crippen molar-refractivity contribution in [3.63, 3.8) is 0 Å². The Morgan fingerprint density at radius 2 is 1.72 bits per heavy atom. The van der Waals surface area contributed by atoms with Crippen LogP contribution in [-0.2, 0) is 9.53 Å².